The average Bonchev–Trinajstić information content (AvgIpc) is 3.83. The van der Waals surface area contributed by atoms with E-state index in [1.165, 1.54) is 6.07 Å². The standard InChI is InChI=1S/C27H18NO.C25H24FN2.Ir/c1-16-12-25(28-15-17(16)2)22-9-5-8-21-24-13-19-11-10-18-6-3-4-7-20(18)23(19)14-26(24)29-27(21)22;1-16(2)20-14-19(26)15-21(17(3)4)24(20)28-23-13-9-8-12-22(23)27-25(28)18-10-6-5-7-11-18;/h3-8,10-15H,1-2H3;5-10,12-17H,1-4H3;/q2*-1;/i1D3,2D3;;. The smallest absolute Gasteiger partial charge is 0.123 e. The second-order valence-electron chi connectivity index (χ2n) is 14.9. The van der Waals surface area contributed by atoms with Crippen LogP contribution in [0.4, 0.5) is 4.39 Å². The Balaban J connectivity index is 0.000000177. The number of pyridine rings is 1. The molecule has 0 aliphatic rings. The number of halogens is 1. The van der Waals surface area contributed by atoms with Gasteiger partial charge in [0.1, 0.15) is 11.4 Å². The molecule has 0 amide bonds. The summed E-state index contributed by atoms with van der Waals surface area (Å²) in [5, 5.41) is 6.20. The van der Waals surface area contributed by atoms with Gasteiger partial charge in [0, 0.05) is 45.6 Å². The zero-order chi connectivity index (χ0) is 44.4. The first-order chi connectivity index (χ1) is 30.1. The van der Waals surface area contributed by atoms with E-state index in [0.29, 0.717) is 22.4 Å². The van der Waals surface area contributed by atoms with Gasteiger partial charge in [0.15, 0.2) is 0 Å². The topological polar surface area (TPSA) is 43.9 Å². The van der Waals surface area contributed by atoms with Crippen LogP contribution >= 0.6 is 0 Å². The minimum Gasteiger partial charge on any atom is -0.501 e. The second-order valence-corrected chi connectivity index (χ2v) is 14.9. The Bertz CT molecular complexity index is 3330. The molecule has 0 aliphatic carbocycles. The maximum Gasteiger partial charge on any atom is 0.123 e. The average molecular weight is 942 g/mol. The number of hydrogen-bond acceptors (Lipinski definition) is 3. The van der Waals surface area contributed by atoms with Crippen molar-refractivity contribution in [2.24, 2.45) is 0 Å². The summed E-state index contributed by atoms with van der Waals surface area (Å²) in [5.74, 6) is 1.000. The van der Waals surface area contributed by atoms with Gasteiger partial charge in [-0.3, -0.25) is 4.98 Å². The van der Waals surface area contributed by atoms with Crippen molar-refractivity contribution in [3.8, 4) is 28.3 Å². The van der Waals surface area contributed by atoms with Crippen molar-refractivity contribution in [1.29, 1.82) is 0 Å². The number of nitrogens with zero attached hydrogens (tertiary/aromatic N) is 3. The molecule has 289 valence electrons. The van der Waals surface area contributed by atoms with E-state index in [1.807, 2.05) is 66.7 Å². The van der Waals surface area contributed by atoms with Gasteiger partial charge in [-0.05, 0) is 106 Å². The van der Waals surface area contributed by atoms with Crippen LogP contribution in [0, 0.1) is 31.7 Å². The molecule has 4 nitrogen and oxygen atoms in total. The third-order valence-corrected chi connectivity index (χ3v) is 10.6. The monoisotopic (exact) mass is 942 g/mol. The van der Waals surface area contributed by atoms with E-state index >= 15 is 0 Å². The Morgan fingerprint density at radius 2 is 1.43 bits per heavy atom. The van der Waals surface area contributed by atoms with Crippen LogP contribution in [0.2, 0.25) is 0 Å². The minimum absolute atomic E-state index is 0. The van der Waals surface area contributed by atoms with Gasteiger partial charge in [-0.15, -0.1) is 54.1 Å². The Hall–Kier alpha value is -5.94. The van der Waals surface area contributed by atoms with Gasteiger partial charge in [-0.25, -0.2) is 4.39 Å². The summed E-state index contributed by atoms with van der Waals surface area (Å²) in [6.07, 6.45) is 1.12. The van der Waals surface area contributed by atoms with Gasteiger partial charge in [-0.2, -0.15) is 0 Å². The molecule has 0 saturated heterocycles. The summed E-state index contributed by atoms with van der Waals surface area (Å²) in [6, 6.07) is 47.2. The summed E-state index contributed by atoms with van der Waals surface area (Å²) in [7, 11) is 0. The van der Waals surface area contributed by atoms with Crippen molar-refractivity contribution >= 4 is 54.5 Å². The molecule has 58 heavy (non-hydrogen) atoms. The van der Waals surface area contributed by atoms with Gasteiger partial charge in [0.25, 0.3) is 0 Å². The van der Waals surface area contributed by atoms with Crippen molar-refractivity contribution in [2.75, 3.05) is 0 Å². The fourth-order valence-corrected chi connectivity index (χ4v) is 7.77. The van der Waals surface area contributed by atoms with Crippen LogP contribution in [-0.2, 0) is 20.1 Å². The summed E-state index contributed by atoms with van der Waals surface area (Å²) in [5.41, 5.74) is 7.34. The fraction of sp³-hybridized carbons (Fsp3) is 0.154. The molecule has 3 aromatic heterocycles. The van der Waals surface area contributed by atoms with Crippen LogP contribution in [0.5, 0.6) is 0 Å². The molecular weight excluding hydrogens is 894 g/mol. The predicted octanol–water partition coefficient (Wildman–Crippen LogP) is 14.2. The minimum atomic E-state index is -2.61. The molecular formula is C52H42FIrN3O-2. The fourth-order valence-electron chi connectivity index (χ4n) is 7.77. The molecule has 0 fully saturated rings. The zero-order valence-electron chi connectivity index (χ0n) is 38.3. The first kappa shape index (κ1) is 32.1. The number of imidazole rings is 1. The van der Waals surface area contributed by atoms with Crippen molar-refractivity contribution in [3.63, 3.8) is 0 Å². The Kier molecular flexibility index (Phi) is 8.72. The number of furan rings is 1. The molecule has 10 aromatic rings. The molecule has 0 bridgehead atoms. The predicted molar refractivity (Wildman–Crippen MR) is 234 cm³/mol. The summed E-state index contributed by atoms with van der Waals surface area (Å²) in [4.78, 5) is 9.23. The maximum absolute atomic E-state index is 14.5. The molecule has 0 N–H and O–H groups in total. The van der Waals surface area contributed by atoms with Crippen LogP contribution < -0.4 is 0 Å². The van der Waals surface area contributed by atoms with E-state index in [-0.39, 0.29) is 48.9 Å². The molecule has 10 rings (SSSR count). The second kappa shape index (κ2) is 15.8. The number of aryl methyl sites for hydroxylation is 2. The molecule has 0 spiro atoms. The third kappa shape index (κ3) is 6.91. The first-order valence-corrected chi connectivity index (χ1v) is 19.1. The van der Waals surface area contributed by atoms with Crippen LogP contribution in [0.15, 0.2) is 138 Å². The van der Waals surface area contributed by atoms with Gasteiger partial charge in [0.2, 0.25) is 0 Å². The summed E-state index contributed by atoms with van der Waals surface area (Å²) in [6.45, 7) is 3.23. The molecule has 0 atom stereocenters. The Morgan fingerprint density at radius 3 is 2.19 bits per heavy atom. The van der Waals surface area contributed by atoms with Crippen molar-refractivity contribution in [2.45, 2.75) is 53.2 Å². The summed E-state index contributed by atoms with van der Waals surface area (Å²) >= 11 is 0. The van der Waals surface area contributed by atoms with Gasteiger partial charge in [0.05, 0.1) is 22.4 Å². The molecule has 0 saturated carbocycles. The van der Waals surface area contributed by atoms with E-state index in [1.54, 1.807) is 18.2 Å². The van der Waals surface area contributed by atoms with Crippen LogP contribution in [0.3, 0.4) is 0 Å². The quantitative estimate of drug-likeness (QED) is 0.128. The van der Waals surface area contributed by atoms with Crippen molar-refractivity contribution in [1.82, 2.24) is 14.5 Å². The number of fused-ring (bicyclic) bond motifs is 7. The number of hydrogen-bond donors (Lipinski definition) is 0. The van der Waals surface area contributed by atoms with Crippen molar-refractivity contribution in [3.05, 3.63) is 174 Å². The van der Waals surface area contributed by atoms with Gasteiger partial charge < -0.3 is 14.0 Å². The molecule has 0 aliphatic heterocycles. The zero-order valence-corrected chi connectivity index (χ0v) is 34.7. The van der Waals surface area contributed by atoms with Gasteiger partial charge >= 0.3 is 0 Å². The summed E-state index contributed by atoms with van der Waals surface area (Å²) < 4.78 is 69.7. The maximum atomic E-state index is 14.5. The number of benzene rings is 7. The van der Waals surface area contributed by atoms with Crippen LogP contribution in [-0.4, -0.2) is 14.5 Å². The third-order valence-electron chi connectivity index (χ3n) is 10.6. The van der Waals surface area contributed by atoms with Crippen molar-refractivity contribution < 1.29 is 37.1 Å². The van der Waals surface area contributed by atoms with Crippen LogP contribution in [0.25, 0.3) is 82.8 Å². The van der Waals surface area contributed by atoms with Crippen LogP contribution in [0.1, 0.15) is 70.0 Å². The molecule has 3 heterocycles. The number of aromatic nitrogens is 3. The van der Waals surface area contributed by atoms with E-state index in [2.05, 4.69) is 85.8 Å². The SMILES string of the molecule is CC(C)c1cc(F)cc(C(C)C)c1-n1c(-c2[c-]cccc2)nc2ccccc21.[2H]C([2H])([2H])c1cnc(-c2[c-]ccc3c2oc2cc4c(ccc5ccccc54)cc23)cc1C([2H])([2H])[2H].[Ir]. The molecule has 6 heteroatoms. The number of para-hydroxylation sites is 2. The Morgan fingerprint density at radius 1 is 0.690 bits per heavy atom. The van der Waals surface area contributed by atoms with E-state index in [9.17, 15) is 4.39 Å². The molecule has 7 aromatic carbocycles. The van der Waals surface area contributed by atoms with E-state index < -0.39 is 13.7 Å². The van der Waals surface area contributed by atoms with Gasteiger partial charge in [-0.1, -0.05) is 98.8 Å². The van der Waals surface area contributed by atoms with E-state index in [4.69, 9.17) is 17.6 Å². The molecule has 1 radical (unpaired) electrons. The largest absolute Gasteiger partial charge is 0.501 e. The Labute approximate surface area is 360 Å². The first-order valence-electron chi connectivity index (χ1n) is 22.1. The number of rotatable bonds is 5. The van der Waals surface area contributed by atoms with E-state index in [0.717, 1.165) is 77.7 Å². The molecule has 0 unspecified atom stereocenters. The normalized spacial score (nSPS) is 13.5.